The van der Waals surface area contributed by atoms with Crippen LogP contribution in [0.15, 0.2) is 45.6 Å². The standard InChI is InChI=1S/C28H30F3N3O8S/c1-27(2)15-17(16-43(39,40)41)18-12-19-20(28(29,30)31)13-26(38)42-22(19)14-21(18)34(27)10-5-3-4-6-23(35)32-9-11-33-24(36)7-8-25(33)37/h7-8,12-15H,3-6,9-11,16H2,1-2H3,(H,32,35)(H,39,40,41). The molecule has 0 radical (unpaired) electrons. The van der Waals surface area contributed by atoms with Crippen molar-refractivity contribution in [2.75, 3.05) is 30.3 Å². The Morgan fingerprint density at radius 3 is 2.33 bits per heavy atom. The Bertz CT molecular complexity index is 1680. The van der Waals surface area contributed by atoms with Gasteiger partial charge in [-0.15, -0.1) is 0 Å². The van der Waals surface area contributed by atoms with Crippen molar-refractivity contribution in [1.82, 2.24) is 10.2 Å². The lowest BCUT2D eigenvalue weighted by Crippen LogP contribution is -2.46. The highest BCUT2D eigenvalue weighted by Crippen LogP contribution is 2.44. The first-order valence-corrected chi connectivity index (χ1v) is 15.0. The van der Waals surface area contributed by atoms with Gasteiger partial charge < -0.3 is 14.6 Å². The summed E-state index contributed by atoms with van der Waals surface area (Å²) in [6.45, 7) is 4.08. The summed E-state index contributed by atoms with van der Waals surface area (Å²) in [5.74, 6) is -1.95. The minimum Gasteiger partial charge on any atom is -0.423 e. The molecule has 0 aliphatic carbocycles. The molecule has 0 saturated heterocycles. The number of nitrogens with one attached hydrogen (secondary N) is 1. The lowest BCUT2D eigenvalue weighted by Gasteiger charge is -2.44. The van der Waals surface area contributed by atoms with Gasteiger partial charge in [-0.1, -0.05) is 12.5 Å². The van der Waals surface area contributed by atoms with Crippen molar-refractivity contribution in [3.63, 3.8) is 0 Å². The molecular weight excluding hydrogens is 595 g/mol. The van der Waals surface area contributed by atoms with E-state index in [0.29, 0.717) is 37.6 Å². The molecule has 0 unspecified atom stereocenters. The Labute approximate surface area is 244 Å². The van der Waals surface area contributed by atoms with Crippen LogP contribution in [-0.2, 0) is 30.7 Å². The quantitative estimate of drug-likeness (QED) is 0.166. The summed E-state index contributed by atoms with van der Waals surface area (Å²) in [5.41, 5.74) is -3.00. The molecule has 43 heavy (non-hydrogen) atoms. The number of benzene rings is 1. The number of halogens is 3. The third-order valence-electron chi connectivity index (χ3n) is 7.21. The maximum atomic E-state index is 13.8. The fourth-order valence-electron chi connectivity index (χ4n) is 5.31. The van der Waals surface area contributed by atoms with Gasteiger partial charge in [-0.25, -0.2) is 4.79 Å². The molecule has 0 bridgehead atoms. The van der Waals surface area contributed by atoms with Gasteiger partial charge in [-0.3, -0.25) is 23.8 Å². The third kappa shape index (κ3) is 7.51. The van der Waals surface area contributed by atoms with Crippen LogP contribution in [0.4, 0.5) is 18.9 Å². The molecular formula is C28H30F3N3O8S. The van der Waals surface area contributed by atoms with Gasteiger partial charge in [-0.05, 0) is 38.3 Å². The fourth-order valence-corrected chi connectivity index (χ4v) is 5.94. The summed E-state index contributed by atoms with van der Waals surface area (Å²) in [6, 6.07) is 2.74. The van der Waals surface area contributed by atoms with Crippen LogP contribution in [0, 0.1) is 0 Å². The van der Waals surface area contributed by atoms with Gasteiger partial charge in [0, 0.05) is 67.0 Å². The highest BCUT2D eigenvalue weighted by Gasteiger charge is 2.37. The smallest absolute Gasteiger partial charge is 0.417 e. The second-order valence-corrected chi connectivity index (χ2v) is 12.3. The topological polar surface area (TPSA) is 154 Å². The minimum absolute atomic E-state index is 0.0617. The predicted molar refractivity (Wildman–Crippen MR) is 151 cm³/mol. The van der Waals surface area contributed by atoms with E-state index < -0.39 is 56.0 Å². The zero-order chi connectivity index (χ0) is 31.7. The van der Waals surface area contributed by atoms with Gasteiger partial charge >= 0.3 is 11.8 Å². The maximum absolute atomic E-state index is 13.8. The summed E-state index contributed by atoms with van der Waals surface area (Å²) < 4.78 is 79.5. The van der Waals surface area contributed by atoms with Crippen LogP contribution in [0.2, 0.25) is 0 Å². The molecule has 2 aliphatic heterocycles. The number of rotatable bonds is 11. The molecule has 232 valence electrons. The average molecular weight is 626 g/mol. The van der Waals surface area contributed by atoms with E-state index in [-0.39, 0.29) is 42.1 Å². The van der Waals surface area contributed by atoms with Gasteiger partial charge in [0.25, 0.3) is 21.9 Å². The first-order valence-electron chi connectivity index (χ1n) is 13.4. The van der Waals surface area contributed by atoms with Crippen molar-refractivity contribution in [1.29, 1.82) is 0 Å². The van der Waals surface area contributed by atoms with Crippen molar-refractivity contribution in [3.8, 4) is 0 Å². The molecule has 3 heterocycles. The minimum atomic E-state index is -4.88. The fraction of sp³-hybridized carbons (Fsp3) is 0.429. The normalized spacial score (nSPS) is 16.6. The molecule has 0 saturated carbocycles. The Kier molecular flexibility index (Phi) is 8.88. The van der Waals surface area contributed by atoms with E-state index in [9.17, 15) is 45.3 Å². The van der Waals surface area contributed by atoms with Gasteiger partial charge in [0.15, 0.2) is 0 Å². The molecule has 3 amide bonds. The second kappa shape index (κ2) is 12.0. The number of carbonyl (C=O) groups is 3. The van der Waals surface area contributed by atoms with E-state index in [2.05, 4.69) is 5.32 Å². The van der Waals surface area contributed by atoms with E-state index in [1.165, 1.54) is 6.07 Å². The van der Waals surface area contributed by atoms with Crippen molar-refractivity contribution in [2.24, 2.45) is 0 Å². The Morgan fingerprint density at radius 2 is 1.70 bits per heavy atom. The van der Waals surface area contributed by atoms with E-state index in [4.69, 9.17) is 4.42 Å². The van der Waals surface area contributed by atoms with Crippen molar-refractivity contribution in [2.45, 2.75) is 51.2 Å². The number of amides is 3. The molecule has 4 rings (SSSR count). The predicted octanol–water partition coefficient (Wildman–Crippen LogP) is 3.28. The van der Waals surface area contributed by atoms with Crippen LogP contribution in [0.1, 0.15) is 50.7 Å². The van der Waals surface area contributed by atoms with Gasteiger partial charge in [0.2, 0.25) is 5.91 Å². The summed E-state index contributed by atoms with van der Waals surface area (Å²) in [7, 11) is -4.54. The monoisotopic (exact) mass is 625 g/mol. The summed E-state index contributed by atoms with van der Waals surface area (Å²) >= 11 is 0. The van der Waals surface area contributed by atoms with Crippen LogP contribution in [-0.4, -0.2) is 66.5 Å². The lowest BCUT2D eigenvalue weighted by molar-refractivity contribution is -0.137. The molecule has 1 aromatic heterocycles. The molecule has 0 spiro atoms. The third-order valence-corrected chi connectivity index (χ3v) is 7.88. The Hall–Kier alpha value is -3.98. The van der Waals surface area contributed by atoms with E-state index in [1.807, 2.05) is 4.90 Å². The zero-order valence-electron chi connectivity index (χ0n) is 23.4. The molecule has 11 nitrogen and oxygen atoms in total. The van der Waals surface area contributed by atoms with Crippen molar-refractivity contribution < 1.29 is 44.9 Å². The van der Waals surface area contributed by atoms with Crippen molar-refractivity contribution in [3.05, 3.63) is 58.0 Å². The van der Waals surface area contributed by atoms with Crippen LogP contribution < -0.4 is 15.8 Å². The number of carbonyl (C=O) groups excluding carboxylic acids is 3. The van der Waals surface area contributed by atoms with Gasteiger partial charge in [-0.2, -0.15) is 21.6 Å². The van der Waals surface area contributed by atoms with Crippen LogP contribution >= 0.6 is 0 Å². The lowest BCUT2D eigenvalue weighted by atomic mass is 9.87. The van der Waals surface area contributed by atoms with Crippen LogP contribution in [0.25, 0.3) is 16.5 Å². The number of hydrogen-bond donors (Lipinski definition) is 2. The Balaban J connectivity index is 1.48. The number of fused-ring (bicyclic) bond motifs is 2. The number of hydrogen-bond acceptors (Lipinski definition) is 8. The van der Waals surface area contributed by atoms with E-state index in [0.717, 1.165) is 23.1 Å². The second-order valence-electron chi connectivity index (χ2n) is 10.9. The van der Waals surface area contributed by atoms with Crippen LogP contribution in [0.3, 0.4) is 0 Å². The average Bonchev–Trinajstić information content (AvgIpc) is 3.19. The summed E-state index contributed by atoms with van der Waals surface area (Å²) in [4.78, 5) is 50.2. The largest absolute Gasteiger partial charge is 0.423 e. The number of anilines is 1. The summed E-state index contributed by atoms with van der Waals surface area (Å²) in [6.07, 6.45) is 0.839. The van der Waals surface area contributed by atoms with Crippen molar-refractivity contribution >= 4 is 50.1 Å². The maximum Gasteiger partial charge on any atom is 0.417 e. The number of alkyl halides is 3. The highest BCUT2D eigenvalue weighted by atomic mass is 32.2. The van der Waals surface area contributed by atoms with Crippen LogP contribution in [0.5, 0.6) is 0 Å². The van der Waals surface area contributed by atoms with E-state index >= 15 is 0 Å². The number of imide groups is 1. The number of nitrogens with zero attached hydrogens (tertiary/aromatic N) is 2. The molecule has 15 heteroatoms. The summed E-state index contributed by atoms with van der Waals surface area (Å²) in [5, 5.41) is 2.24. The molecule has 0 atom stereocenters. The molecule has 2 N–H and O–H groups in total. The molecule has 2 aliphatic rings. The SMILES string of the molecule is CC1(C)C=C(CS(=O)(=O)O)c2cc3c(C(F)(F)F)cc(=O)oc3cc2N1CCCCCC(=O)NCCN1C(=O)C=CC1=O. The molecule has 1 aromatic carbocycles. The number of unbranched alkanes of at least 4 members (excludes halogenated alkanes) is 2. The molecule has 0 fully saturated rings. The highest BCUT2D eigenvalue weighted by molar-refractivity contribution is 7.86. The van der Waals surface area contributed by atoms with E-state index in [1.54, 1.807) is 19.9 Å². The van der Waals surface area contributed by atoms with Gasteiger partial charge in [0.1, 0.15) is 11.3 Å². The zero-order valence-corrected chi connectivity index (χ0v) is 24.2. The Morgan fingerprint density at radius 1 is 1.02 bits per heavy atom. The first kappa shape index (κ1) is 31.9. The van der Waals surface area contributed by atoms with Gasteiger partial charge in [0.05, 0.1) is 11.1 Å². The molecule has 2 aromatic rings. The first-order chi connectivity index (χ1) is 20.0.